The number of carbonyl (C=O) groups is 2. The maximum atomic E-state index is 12.2. The zero-order valence-electron chi connectivity index (χ0n) is 14.7. The molecule has 0 radical (unpaired) electrons. The number of nitro benzene ring substituents is 1. The van der Waals surface area contributed by atoms with E-state index in [1.807, 2.05) is 13.8 Å². The van der Waals surface area contributed by atoms with Crippen molar-refractivity contribution >= 4 is 17.5 Å². The first-order valence-electron chi connectivity index (χ1n) is 8.33. The lowest BCUT2D eigenvalue weighted by atomic mass is 10.1. The Labute approximate surface area is 151 Å². The molecule has 2 N–H and O–H groups in total. The monoisotopic (exact) mass is 355 g/mol. The third-order valence-corrected chi connectivity index (χ3v) is 3.95. The Bertz CT molecular complexity index is 820. The molecule has 1 unspecified atom stereocenters. The molecule has 26 heavy (non-hydrogen) atoms. The van der Waals surface area contributed by atoms with Crippen LogP contribution in [0, 0.1) is 10.1 Å². The topological polar surface area (TPSA) is 101 Å². The molecule has 1 atom stereocenters. The van der Waals surface area contributed by atoms with Gasteiger partial charge in [0.25, 0.3) is 17.5 Å². The van der Waals surface area contributed by atoms with E-state index in [0.717, 1.165) is 12.0 Å². The number of nitrogens with zero attached hydrogens (tertiary/aromatic N) is 1. The summed E-state index contributed by atoms with van der Waals surface area (Å²) in [6.07, 6.45) is 0.838. The van der Waals surface area contributed by atoms with E-state index in [0.29, 0.717) is 5.56 Å². The molecular weight excluding hydrogens is 334 g/mol. The predicted octanol–water partition coefficient (Wildman–Crippen LogP) is 3.05. The first-order chi connectivity index (χ1) is 12.4. The number of nitrogens with one attached hydrogen (secondary N) is 2. The second kappa shape index (κ2) is 8.75. The summed E-state index contributed by atoms with van der Waals surface area (Å²) < 4.78 is 0. The van der Waals surface area contributed by atoms with Crippen molar-refractivity contribution in [3.63, 3.8) is 0 Å². The van der Waals surface area contributed by atoms with E-state index in [1.54, 1.807) is 24.3 Å². The molecule has 0 saturated heterocycles. The quantitative estimate of drug-likeness (QED) is 0.589. The van der Waals surface area contributed by atoms with Crippen LogP contribution in [0.1, 0.15) is 46.5 Å². The van der Waals surface area contributed by atoms with Crippen molar-refractivity contribution in [2.45, 2.75) is 32.9 Å². The van der Waals surface area contributed by atoms with Crippen LogP contribution in [0.4, 0.5) is 5.69 Å². The van der Waals surface area contributed by atoms with E-state index in [2.05, 4.69) is 10.6 Å². The van der Waals surface area contributed by atoms with Crippen molar-refractivity contribution in [3.8, 4) is 0 Å². The molecule has 2 aromatic rings. The van der Waals surface area contributed by atoms with Gasteiger partial charge in [0.15, 0.2) is 0 Å². The van der Waals surface area contributed by atoms with Crippen LogP contribution in [-0.2, 0) is 6.54 Å². The molecule has 0 aliphatic carbocycles. The van der Waals surface area contributed by atoms with E-state index in [4.69, 9.17) is 0 Å². The minimum atomic E-state index is -0.545. The average molecular weight is 355 g/mol. The molecule has 0 aliphatic heterocycles. The number of amides is 2. The fourth-order valence-corrected chi connectivity index (χ4v) is 2.28. The lowest BCUT2D eigenvalue weighted by Gasteiger charge is -2.12. The fourth-order valence-electron chi connectivity index (χ4n) is 2.28. The van der Waals surface area contributed by atoms with E-state index >= 15 is 0 Å². The van der Waals surface area contributed by atoms with Gasteiger partial charge < -0.3 is 10.6 Å². The lowest BCUT2D eigenvalue weighted by molar-refractivity contribution is -0.384. The van der Waals surface area contributed by atoms with Crippen LogP contribution in [0.25, 0.3) is 0 Å². The fraction of sp³-hybridized carbons (Fsp3) is 0.263. The lowest BCUT2D eigenvalue weighted by Crippen LogP contribution is -2.32. The third kappa shape index (κ3) is 5.14. The largest absolute Gasteiger partial charge is 0.350 e. The van der Waals surface area contributed by atoms with Gasteiger partial charge in [-0.05, 0) is 37.1 Å². The summed E-state index contributed by atoms with van der Waals surface area (Å²) >= 11 is 0. The van der Waals surface area contributed by atoms with E-state index in [-0.39, 0.29) is 29.7 Å². The number of rotatable bonds is 7. The predicted molar refractivity (Wildman–Crippen MR) is 97.9 cm³/mol. The Balaban J connectivity index is 2.02. The summed E-state index contributed by atoms with van der Waals surface area (Å²) in [6.45, 7) is 4.14. The van der Waals surface area contributed by atoms with Crippen molar-refractivity contribution in [1.29, 1.82) is 0 Å². The van der Waals surface area contributed by atoms with Crippen molar-refractivity contribution in [2.24, 2.45) is 0 Å². The molecule has 0 aliphatic rings. The Kier molecular flexibility index (Phi) is 6.43. The van der Waals surface area contributed by atoms with Crippen LogP contribution < -0.4 is 10.6 Å². The highest BCUT2D eigenvalue weighted by Crippen LogP contribution is 2.13. The standard InChI is InChI=1S/C19H21N3O4/c1-3-13(2)21-19(24)15-7-4-6-14(10-15)12-20-18(23)16-8-5-9-17(11-16)22(25)26/h4-11,13H,3,12H2,1-2H3,(H,20,23)(H,21,24). The molecule has 0 saturated carbocycles. The molecule has 136 valence electrons. The van der Waals surface area contributed by atoms with Crippen LogP contribution in [0.2, 0.25) is 0 Å². The van der Waals surface area contributed by atoms with Gasteiger partial charge in [-0.15, -0.1) is 0 Å². The minimum absolute atomic E-state index is 0.0831. The molecule has 0 aromatic heterocycles. The van der Waals surface area contributed by atoms with Gasteiger partial charge in [0.2, 0.25) is 0 Å². The molecule has 0 heterocycles. The van der Waals surface area contributed by atoms with Crippen LogP contribution in [0.15, 0.2) is 48.5 Å². The smallest absolute Gasteiger partial charge is 0.270 e. The second-order valence-corrected chi connectivity index (χ2v) is 5.97. The molecule has 2 aromatic carbocycles. The zero-order chi connectivity index (χ0) is 19.1. The van der Waals surface area contributed by atoms with E-state index in [9.17, 15) is 19.7 Å². The van der Waals surface area contributed by atoms with Gasteiger partial charge in [-0.1, -0.05) is 25.1 Å². The second-order valence-electron chi connectivity index (χ2n) is 5.97. The highest BCUT2D eigenvalue weighted by Gasteiger charge is 2.12. The van der Waals surface area contributed by atoms with Crippen LogP contribution in [0.5, 0.6) is 0 Å². The van der Waals surface area contributed by atoms with Gasteiger partial charge in [-0.25, -0.2) is 0 Å². The minimum Gasteiger partial charge on any atom is -0.350 e. The van der Waals surface area contributed by atoms with Gasteiger partial charge >= 0.3 is 0 Å². The van der Waals surface area contributed by atoms with Crippen molar-refractivity contribution < 1.29 is 14.5 Å². The number of hydrogen-bond acceptors (Lipinski definition) is 4. The van der Waals surface area contributed by atoms with Gasteiger partial charge in [-0.2, -0.15) is 0 Å². The number of nitro groups is 1. The number of non-ortho nitro benzene ring substituents is 1. The molecule has 0 bridgehead atoms. The number of hydrogen-bond donors (Lipinski definition) is 2. The van der Waals surface area contributed by atoms with E-state index in [1.165, 1.54) is 24.3 Å². The third-order valence-electron chi connectivity index (χ3n) is 3.95. The van der Waals surface area contributed by atoms with Crippen molar-refractivity contribution in [1.82, 2.24) is 10.6 Å². The van der Waals surface area contributed by atoms with Crippen LogP contribution >= 0.6 is 0 Å². The summed E-state index contributed by atoms with van der Waals surface area (Å²) in [5, 5.41) is 16.4. The summed E-state index contributed by atoms with van der Waals surface area (Å²) in [7, 11) is 0. The Hall–Kier alpha value is -3.22. The maximum absolute atomic E-state index is 12.2. The Morgan fingerprint density at radius 3 is 2.38 bits per heavy atom. The first kappa shape index (κ1) is 19.1. The Morgan fingerprint density at radius 1 is 1.08 bits per heavy atom. The normalized spacial score (nSPS) is 11.5. The van der Waals surface area contributed by atoms with Crippen molar-refractivity contribution in [2.75, 3.05) is 0 Å². The molecule has 0 spiro atoms. The highest BCUT2D eigenvalue weighted by atomic mass is 16.6. The highest BCUT2D eigenvalue weighted by molar-refractivity contribution is 5.95. The first-order valence-corrected chi connectivity index (χ1v) is 8.33. The van der Waals surface area contributed by atoms with Crippen molar-refractivity contribution in [3.05, 3.63) is 75.3 Å². The number of carbonyl (C=O) groups excluding carboxylic acids is 2. The Morgan fingerprint density at radius 2 is 1.73 bits per heavy atom. The molecule has 2 rings (SSSR count). The van der Waals surface area contributed by atoms with Crippen LogP contribution in [-0.4, -0.2) is 22.8 Å². The molecule has 7 heteroatoms. The van der Waals surface area contributed by atoms with Gasteiger partial charge in [0.05, 0.1) is 4.92 Å². The van der Waals surface area contributed by atoms with E-state index < -0.39 is 10.8 Å². The summed E-state index contributed by atoms with van der Waals surface area (Å²) in [6, 6.07) is 12.6. The summed E-state index contributed by atoms with van der Waals surface area (Å²) in [4.78, 5) is 34.6. The summed E-state index contributed by atoms with van der Waals surface area (Å²) in [5.41, 5.74) is 1.36. The molecule has 2 amide bonds. The zero-order valence-corrected chi connectivity index (χ0v) is 14.7. The maximum Gasteiger partial charge on any atom is 0.270 e. The molecular formula is C19H21N3O4. The SMILES string of the molecule is CCC(C)NC(=O)c1cccc(CNC(=O)c2cccc([N+](=O)[O-])c2)c1. The average Bonchev–Trinajstić information content (AvgIpc) is 2.66. The summed E-state index contributed by atoms with van der Waals surface area (Å²) in [5.74, 6) is -0.575. The van der Waals surface area contributed by atoms with Gasteiger partial charge in [0, 0.05) is 35.8 Å². The van der Waals surface area contributed by atoms with Crippen LogP contribution in [0.3, 0.4) is 0 Å². The van der Waals surface area contributed by atoms with Gasteiger partial charge in [0.1, 0.15) is 0 Å². The molecule has 7 nitrogen and oxygen atoms in total. The molecule has 0 fully saturated rings. The van der Waals surface area contributed by atoms with Gasteiger partial charge in [-0.3, -0.25) is 19.7 Å². The number of benzene rings is 2.